The maximum absolute atomic E-state index is 10.1. The van der Waals surface area contributed by atoms with Gasteiger partial charge in [-0.2, -0.15) is 0 Å². The second kappa shape index (κ2) is 4.31. The Bertz CT molecular complexity index is 130. The molecule has 52 valence electrons. The second-order valence-electron chi connectivity index (χ2n) is 2.11. The van der Waals surface area contributed by atoms with Crippen LogP contribution in [0, 0.1) is 0 Å². The number of carbonyl (C=O) groups excluding carboxylic acids is 1. The Morgan fingerprint density at radius 2 is 2.30 bits per heavy atom. The van der Waals surface area contributed by atoms with Gasteiger partial charge in [0.1, 0.15) is 0 Å². The number of carboxylic acid groups (broad SMARTS) is 1. The van der Waals surface area contributed by atoms with Gasteiger partial charge in [0.2, 0.25) is 0 Å². The van der Waals surface area contributed by atoms with Crippen molar-refractivity contribution in [2.24, 2.45) is 0 Å². The summed E-state index contributed by atoms with van der Waals surface area (Å²) < 4.78 is 0. The normalized spacial score (nSPS) is 31.3. The summed E-state index contributed by atoms with van der Waals surface area (Å²) in [6.07, 6.45) is -0.270. The Kier molecular flexibility index (Phi) is 4.47. The Labute approximate surface area is 80.9 Å². The van der Waals surface area contributed by atoms with Gasteiger partial charge in [-0.05, 0) is 13.0 Å². The quantitative estimate of drug-likeness (QED) is 0.368. The summed E-state index contributed by atoms with van der Waals surface area (Å²) in [7, 11) is 0. The number of aliphatic carboxylic acids is 1. The topological polar surface area (TPSA) is 72.4 Å². The average Bonchev–Trinajstić information content (AvgIpc) is 2.13. The van der Waals surface area contributed by atoms with Crippen LogP contribution in [0.5, 0.6) is 0 Å². The number of aliphatic hydroxyl groups excluding tert-OH is 1. The third kappa shape index (κ3) is 2.21. The molecule has 0 bridgehead atoms. The molecule has 10 heavy (non-hydrogen) atoms. The molecular weight excluding hydrogens is 145 g/mol. The van der Waals surface area contributed by atoms with Crippen molar-refractivity contribution in [2.75, 3.05) is 6.54 Å². The zero-order valence-corrected chi connectivity index (χ0v) is 7.83. The molecule has 1 aliphatic rings. The standard InChI is InChI=1S/C5H9NO3.Na/c7-3-1-2-6-4(3)5(8)9;/h3-4,6-7H,1-2H2,(H,8,9);/q;+1/p-1/t3?,4-;/m0./s1. The first-order valence-corrected chi connectivity index (χ1v) is 2.84. The van der Waals surface area contributed by atoms with Crippen LogP contribution in [0.2, 0.25) is 0 Å². The van der Waals surface area contributed by atoms with Gasteiger partial charge in [0.15, 0.2) is 0 Å². The van der Waals surface area contributed by atoms with Crippen molar-refractivity contribution in [3.8, 4) is 0 Å². The van der Waals surface area contributed by atoms with E-state index in [2.05, 4.69) is 5.32 Å². The molecule has 1 heterocycles. The van der Waals surface area contributed by atoms with E-state index in [1.165, 1.54) is 0 Å². The molecule has 0 aromatic heterocycles. The molecule has 0 amide bonds. The van der Waals surface area contributed by atoms with Crippen molar-refractivity contribution in [2.45, 2.75) is 18.6 Å². The van der Waals surface area contributed by atoms with Gasteiger partial charge in [-0.15, -0.1) is 0 Å². The van der Waals surface area contributed by atoms with Crippen LogP contribution in [0.4, 0.5) is 0 Å². The number of carboxylic acids is 1. The molecular formula is C5H8NNaO3. The first kappa shape index (κ1) is 10.4. The van der Waals surface area contributed by atoms with Crippen molar-refractivity contribution in [1.82, 2.24) is 5.32 Å². The summed E-state index contributed by atoms with van der Waals surface area (Å²) >= 11 is 0. The maximum atomic E-state index is 10.1. The summed E-state index contributed by atoms with van der Waals surface area (Å²) in [4.78, 5) is 10.1. The molecule has 1 saturated heterocycles. The minimum absolute atomic E-state index is 0. The maximum Gasteiger partial charge on any atom is 1.00 e. The van der Waals surface area contributed by atoms with Crippen LogP contribution in [0.1, 0.15) is 6.42 Å². The minimum atomic E-state index is -1.22. The van der Waals surface area contributed by atoms with Crippen LogP contribution < -0.4 is 40.0 Å². The van der Waals surface area contributed by atoms with Gasteiger partial charge in [-0.1, -0.05) is 0 Å². The average molecular weight is 153 g/mol. The number of nitrogens with one attached hydrogen (secondary N) is 1. The second-order valence-corrected chi connectivity index (χ2v) is 2.11. The molecule has 5 heteroatoms. The third-order valence-corrected chi connectivity index (χ3v) is 1.44. The molecule has 4 nitrogen and oxygen atoms in total. The monoisotopic (exact) mass is 153 g/mol. The van der Waals surface area contributed by atoms with Crippen LogP contribution >= 0.6 is 0 Å². The molecule has 1 fully saturated rings. The van der Waals surface area contributed by atoms with Gasteiger partial charge < -0.3 is 20.3 Å². The van der Waals surface area contributed by atoms with Crippen LogP contribution in [0.25, 0.3) is 0 Å². The molecule has 0 spiro atoms. The smallest absolute Gasteiger partial charge is 0.548 e. The zero-order valence-electron chi connectivity index (χ0n) is 5.83. The van der Waals surface area contributed by atoms with Gasteiger partial charge in [-0.25, -0.2) is 0 Å². The van der Waals surface area contributed by atoms with Crippen LogP contribution in [0.15, 0.2) is 0 Å². The summed E-state index contributed by atoms with van der Waals surface area (Å²) in [6.45, 7) is 0.555. The van der Waals surface area contributed by atoms with E-state index in [1.54, 1.807) is 0 Å². The summed E-state index contributed by atoms with van der Waals surface area (Å²) in [5.74, 6) is -1.22. The first-order valence-electron chi connectivity index (χ1n) is 2.84. The van der Waals surface area contributed by atoms with E-state index < -0.39 is 18.1 Å². The molecule has 0 aliphatic carbocycles. The number of aliphatic hydroxyl groups is 1. The van der Waals surface area contributed by atoms with Gasteiger partial charge >= 0.3 is 29.6 Å². The number of rotatable bonds is 1. The molecule has 2 atom stereocenters. The SMILES string of the molecule is O=C([O-])[C@H]1NCCC1O.[Na+]. The van der Waals surface area contributed by atoms with Gasteiger partial charge in [0.25, 0.3) is 0 Å². The van der Waals surface area contributed by atoms with Gasteiger partial charge in [0.05, 0.1) is 18.1 Å². The fourth-order valence-electron chi connectivity index (χ4n) is 0.930. The zero-order chi connectivity index (χ0) is 6.85. The Balaban J connectivity index is 0.000000810. The van der Waals surface area contributed by atoms with Gasteiger partial charge in [0, 0.05) is 0 Å². The van der Waals surface area contributed by atoms with E-state index in [0.717, 1.165) is 0 Å². The summed E-state index contributed by atoms with van der Waals surface area (Å²) in [5, 5.41) is 21.5. The van der Waals surface area contributed by atoms with Crippen LogP contribution in [-0.4, -0.2) is 29.8 Å². The van der Waals surface area contributed by atoms with E-state index in [4.69, 9.17) is 5.11 Å². The van der Waals surface area contributed by atoms with Crippen molar-refractivity contribution in [3.05, 3.63) is 0 Å². The number of carbonyl (C=O) groups is 1. The first-order chi connectivity index (χ1) is 4.22. The summed E-state index contributed by atoms with van der Waals surface area (Å²) in [5.41, 5.74) is 0. The molecule has 0 aromatic carbocycles. The molecule has 0 saturated carbocycles. The molecule has 1 rings (SSSR count). The van der Waals surface area contributed by atoms with E-state index in [9.17, 15) is 9.90 Å². The fourth-order valence-corrected chi connectivity index (χ4v) is 0.930. The van der Waals surface area contributed by atoms with Crippen LogP contribution in [0.3, 0.4) is 0 Å². The van der Waals surface area contributed by atoms with Crippen molar-refractivity contribution >= 4 is 5.97 Å². The summed E-state index contributed by atoms with van der Waals surface area (Å²) in [6, 6.07) is -0.856. The molecule has 1 aliphatic heterocycles. The number of hydrogen-bond donors (Lipinski definition) is 2. The van der Waals surface area contributed by atoms with E-state index in [-0.39, 0.29) is 29.6 Å². The molecule has 1 unspecified atom stereocenters. The van der Waals surface area contributed by atoms with E-state index >= 15 is 0 Å². The Morgan fingerprint density at radius 3 is 2.50 bits per heavy atom. The van der Waals surface area contributed by atoms with E-state index in [0.29, 0.717) is 13.0 Å². The largest absolute Gasteiger partial charge is 1.00 e. The fraction of sp³-hybridized carbons (Fsp3) is 0.800. The molecule has 0 aromatic rings. The predicted molar refractivity (Wildman–Crippen MR) is 27.4 cm³/mol. The predicted octanol–water partition coefficient (Wildman–Crippen LogP) is -5.54. The van der Waals surface area contributed by atoms with Crippen molar-refractivity contribution in [3.63, 3.8) is 0 Å². The molecule has 0 radical (unpaired) electrons. The van der Waals surface area contributed by atoms with E-state index in [1.807, 2.05) is 0 Å². The molecule has 2 N–H and O–H groups in total. The Hall–Kier alpha value is 0.390. The van der Waals surface area contributed by atoms with Crippen molar-refractivity contribution in [1.29, 1.82) is 0 Å². The van der Waals surface area contributed by atoms with Gasteiger partial charge in [-0.3, -0.25) is 0 Å². The number of hydrogen-bond acceptors (Lipinski definition) is 4. The Morgan fingerprint density at radius 1 is 1.70 bits per heavy atom. The third-order valence-electron chi connectivity index (χ3n) is 1.44. The minimum Gasteiger partial charge on any atom is -0.548 e. The van der Waals surface area contributed by atoms with Crippen molar-refractivity contribution < 1.29 is 44.6 Å². The van der Waals surface area contributed by atoms with Crippen LogP contribution in [-0.2, 0) is 4.79 Å².